The van der Waals surface area contributed by atoms with Gasteiger partial charge in [-0.25, -0.2) is 13.1 Å². The molecule has 1 aliphatic carbocycles. The molecule has 10 heavy (non-hydrogen) atoms. The molecule has 0 saturated heterocycles. The van der Waals surface area contributed by atoms with Crippen LogP contribution in [0.3, 0.4) is 0 Å². The van der Waals surface area contributed by atoms with Crippen molar-refractivity contribution < 1.29 is 8.42 Å². The Morgan fingerprint density at radius 1 is 1.40 bits per heavy atom. The largest absolute Gasteiger partial charge is 0.213 e. The Balaban J connectivity index is 2.30. The molecule has 0 aromatic carbocycles. The van der Waals surface area contributed by atoms with Gasteiger partial charge >= 0.3 is 0 Å². The van der Waals surface area contributed by atoms with Gasteiger partial charge in [0.05, 0.1) is 6.26 Å². The van der Waals surface area contributed by atoms with Crippen molar-refractivity contribution in [3.05, 3.63) is 0 Å². The maximum atomic E-state index is 10.6. The average Bonchev–Trinajstić information content (AvgIpc) is 1.57. The van der Waals surface area contributed by atoms with Crippen molar-refractivity contribution >= 4 is 10.0 Å². The van der Waals surface area contributed by atoms with Crippen LogP contribution in [0.15, 0.2) is 0 Å². The Hall–Kier alpha value is -0.0900. The SMILES string of the molecule is CS(=O)(=O)N[C@H]1C[C@H](C)C1. The lowest BCUT2D eigenvalue weighted by Crippen LogP contribution is -2.42. The topological polar surface area (TPSA) is 46.2 Å². The second kappa shape index (κ2) is 2.51. The summed E-state index contributed by atoms with van der Waals surface area (Å²) >= 11 is 0. The Morgan fingerprint density at radius 3 is 2.20 bits per heavy atom. The van der Waals surface area contributed by atoms with Gasteiger partial charge in [0, 0.05) is 6.04 Å². The highest BCUT2D eigenvalue weighted by atomic mass is 32.2. The molecule has 1 saturated carbocycles. The molecule has 0 amide bonds. The summed E-state index contributed by atoms with van der Waals surface area (Å²) in [4.78, 5) is 0. The van der Waals surface area contributed by atoms with E-state index in [0.29, 0.717) is 5.92 Å². The Bertz CT molecular complexity index is 204. The van der Waals surface area contributed by atoms with Crippen molar-refractivity contribution in [3.63, 3.8) is 0 Å². The van der Waals surface area contributed by atoms with Crippen LogP contribution < -0.4 is 4.72 Å². The molecule has 3 nitrogen and oxygen atoms in total. The first kappa shape index (κ1) is 8.01. The zero-order chi connectivity index (χ0) is 7.78. The summed E-state index contributed by atoms with van der Waals surface area (Å²) < 4.78 is 23.8. The van der Waals surface area contributed by atoms with Gasteiger partial charge in [-0.1, -0.05) is 6.92 Å². The predicted octanol–water partition coefficient (Wildman–Crippen LogP) is 0.334. The number of sulfonamides is 1. The fourth-order valence-electron chi connectivity index (χ4n) is 1.30. The van der Waals surface area contributed by atoms with E-state index in [1.807, 2.05) is 0 Å². The van der Waals surface area contributed by atoms with Crippen LogP contribution in [-0.2, 0) is 10.0 Å². The maximum Gasteiger partial charge on any atom is 0.208 e. The molecule has 0 aromatic rings. The monoisotopic (exact) mass is 163 g/mol. The molecule has 4 heteroatoms. The molecule has 60 valence electrons. The van der Waals surface area contributed by atoms with Crippen LogP contribution >= 0.6 is 0 Å². The van der Waals surface area contributed by atoms with Crippen LogP contribution in [-0.4, -0.2) is 20.7 Å². The lowest BCUT2D eigenvalue weighted by Gasteiger charge is -2.32. The summed E-state index contributed by atoms with van der Waals surface area (Å²) in [6.07, 6.45) is 3.19. The summed E-state index contributed by atoms with van der Waals surface area (Å²) in [6.45, 7) is 2.13. The minimum atomic E-state index is -2.96. The lowest BCUT2D eigenvalue weighted by atomic mass is 9.83. The molecule has 1 rings (SSSR count). The van der Waals surface area contributed by atoms with Crippen molar-refractivity contribution in [3.8, 4) is 0 Å². The van der Waals surface area contributed by atoms with E-state index in [4.69, 9.17) is 0 Å². The van der Waals surface area contributed by atoms with Crippen LogP contribution in [0, 0.1) is 5.92 Å². The Labute approximate surface area is 61.9 Å². The van der Waals surface area contributed by atoms with Crippen molar-refractivity contribution in [2.45, 2.75) is 25.8 Å². The van der Waals surface area contributed by atoms with Crippen LogP contribution in [0.2, 0.25) is 0 Å². The molecule has 0 bridgehead atoms. The Morgan fingerprint density at radius 2 is 1.90 bits per heavy atom. The van der Waals surface area contributed by atoms with Crippen LogP contribution in [0.4, 0.5) is 0 Å². The number of hydrogen-bond donors (Lipinski definition) is 1. The first-order valence-electron chi connectivity index (χ1n) is 3.44. The second-order valence-corrected chi connectivity index (χ2v) is 4.94. The van der Waals surface area contributed by atoms with Crippen molar-refractivity contribution in [2.75, 3.05) is 6.26 Å². The van der Waals surface area contributed by atoms with Gasteiger partial charge in [0.25, 0.3) is 0 Å². The van der Waals surface area contributed by atoms with Crippen molar-refractivity contribution in [1.82, 2.24) is 4.72 Å². The van der Waals surface area contributed by atoms with Crippen LogP contribution in [0.1, 0.15) is 19.8 Å². The lowest BCUT2D eigenvalue weighted by molar-refractivity contribution is 0.270. The molecule has 0 aromatic heterocycles. The molecule has 0 spiro atoms. The summed E-state index contributed by atoms with van der Waals surface area (Å²) in [5.41, 5.74) is 0. The van der Waals surface area contributed by atoms with Gasteiger partial charge in [-0.05, 0) is 18.8 Å². The molecule has 1 fully saturated rings. The molecule has 1 N–H and O–H groups in total. The van der Waals surface area contributed by atoms with Gasteiger partial charge < -0.3 is 0 Å². The summed E-state index contributed by atoms with van der Waals surface area (Å²) in [5, 5.41) is 0. The average molecular weight is 163 g/mol. The maximum absolute atomic E-state index is 10.6. The first-order valence-corrected chi connectivity index (χ1v) is 5.34. The fraction of sp³-hybridized carbons (Fsp3) is 1.00. The second-order valence-electron chi connectivity index (χ2n) is 3.16. The van der Waals surface area contributed by atoms with Crippen molar-refractivity contribution in [1.29, 1.82) is 0 Å². The summed E-state index contributed by atoms with van der Waals surface area (Å²) in [7, 11) is -2.96. The van der Waals surface area contributed by atoms with E-state index in [0.717, 1.165) is 12.8 Å². The van der Waals surface area contributed by atoms with E-state index in [9.17, 15) is 8.42 Å². The van der Waals surface area contributed by atoms with Gasteiger partial charge in [0.1, 0.15) is 0 Å². The predicted molar refractivity (Wildman–Crippen MR) is 40.2 cm³/mol. The standard InChI is InChI=1S/C6H13NO2S/c1-5-3-6(4-5)7-10(2,8)9/h5-7H,3-4H2,1-2H3/t5-,6-. The first-order chi connectivity index (χ1) is 4.47. The number of hydrogen-bond acceptors (Lipinski definition) is 2. The molecule has 0 radical (unpaired) electrons. The highest BCUT2D eigenvalue weighted by Crippen LogP contribution is 2.26. The minimum Gasteiger partial charge on any atom is -0.213 e. The smallest absolute Gasteiger partial charge is 0.208 e. The van der Waals surface area contributed by atoms with E-state index in [2.05, 4.69) is 11.6 Å². The molecule has 1 aliphatic rings. The highest BCUT2D eigenvalue weighted by Gasteiger charge is 2.27. The van der Waals surface area contributed by atoms with E-state index >= 15 is 0 Å². The molecular weight excluding hydrogens is 150 g/mol. The van der Waals surface area contributed by atoms with Crippen LogP contribution in [0.25, 0.3) is 0 Å². The van der Waals surface area contributed by atoms with E-state index in [-0.39, 0.29) is 6.04 Å². The summed E-state index contributed by atoms with van der Waals surface area (Å²) in [6, 6.07) is 0.213. The number of rotatable bonds is 2. The third kappa shape index (κ3) is 2.27. The van der Waals surface area contributed by atoms with E-state index in [1.54, 1.807) is 0 Å². The summed E-state index contributed by atoms with van der Waals surface area (Å²) in [5.74, 6) is 0.694. The highest BCUT2D eigenvalue weighted by molar-refractivity contribution is 7.88. The third-order valence-electron chi connectivity index (χ3n) is 1.75. The van der Waals surface area contributed by atoms with Crippen molar-refractivity contribution in [2.24, 2.45) is 5.92 Å². The third-order valence-corrected chi connectivity index (χ3v) is 2.52. The van der Waals surface area contributed by atoms with Gasteiger partial charge in [-0.3, -0.25) is 0 Å². The quantitative estimate of drug-likeness (QED) is 0.638. The Kier molecular flexibility index (Phi) is 2.01. The van der Waals surface area contributed by atoms with E-state index < -0.39 is 10.0 Å². The fourth-order valence-corrected chi connectivity index (χ4v) is 2.10. The number of nitrogens with one attached hydrogen (secondary N) is 1. The minimum absolute atomic E-state index is 0.213. The normalized spacial score (nSPS) is 33.4. The zero-order valence-electron chi connectivity index (χ0n) is 6.29. The molecule has 0 aliphatic heterocycles. The van der Waals surface area contributed by atoms with Gasteiger partial charge in [0.15, 0.2) is 0 Å². The van der Waals surface area contributed by atoms with Crippen LogP contribution in [0.5, 0.6) is 0 Å². The molecule has 0 atom stereocenters. The van der Waals surface area contributed by atoms with Gasteiger partial charge in [-0.15, -0.1) is 0 Å². The van der Waals surface area contributed by atoms with Gasteiger partial charge in [-0.2, -0.15) is 0 Å². The van der Waals surface area contributed by atoms with Gasteiger partial charge in [0.2, 0.25) is 10.0 Å². The molecule has 0 heterocycles. The van der Waals surface area contributed by atoms with E-state index in [1.165, 1.54) is 6.26 Å². The zero-order valence-corrected chi connectivity index (χ0v) is 7.11. The molecule has 0 unspecified atom stereocenters. The molecular formula is C6H13NO2S.